The monoisotopic (exact) mass is 286 g/mol. The van der Waals surface area contributed by atoms with E-state index >= 15 is 0 Å². The molecule has 3 rings (SSSR count). The third-order valence-corrected chi connectivity index (χ3v) is 4.37. The minimum absolute atomic E-state index is 0.199. The number of hydrogen-bond acceptors (Lipinski definition) is 4. The molecule has 96 valence electrons. The summed E-state index contributed by atoms with van der Waals surface area (Å²) in [6.45, 7) is 4.10. The first-order valence-corrected chi connectivity index (χ1v) is 7.40. The predicted molar refractivity (Wildman–Crippen MR) is 85.8 cm³/mol. The van der Waals surface area contributed by atoms with Gasteiger partial charge in [-0.2, -0.15) is 12.6 Å². The molecule has 1 unspecified atom stereocenters. The first-order chi connectivity index (χ1) is 9.07. The Labute approximate surface area is 122 Å². The van der Waals surface area contributed by atoms with E-state index < -0.39 is 0 Å². The Morgan fingerprint density at radius 2 is 2.11 bits per heavy atom. The second-order valence-electron chi connectivity index (χ2n) is 4.83. The molecule has 1 aliphatic rings. The molecule has 0 aromatic carbocycles. The minimum Gasteiger partial charge on any atom is -0.241 e. The standard InChI is InChI=1S/C15H14N2S2/c1-10-13-12(8-19-14(13)17-9-16-10)11-4-3-6-15(2,18)7-5-11/h3-9,18H,1-2H3. The molecule has 0 bridgehead atoms. The van der Waals surface area contributed by atoms with E-state index in [1.54, 1.807) is 17.7 Å². The number of fused-ring (bicyclic) bond motifs is 1. The summed E-state index contributed by atoms with van der Waals surface area (Å²) in [6, 6.07) is 0. The van der Waals surface area contributed by atoms with Crippen LogP contribution in [0.3, 0.4) is 0 Å². The lowest BCUT2D eigenvalue weighted by atomic mass is 10.0. The highest BCUT2D eigenvalue weighted by molar-refractivity contribution is 7.82. The third kappa shape index (κ3) is 2.38. The van der Waals surface area contributed by atoms with Gasteiger partial charge in [-0.1, -0.05) is 30.4 Å². The zero-order valence-corrected chi connectivity index (χ0v) is 12.5. The molecule has 2 heterocycles. The van der Waals surface area contributed by atoms with Gasteiger partial charge in [0, 0.05) is 26.8 Å². The van der Waals surface area contributed by atoms with Crippen molar-refractivity contribution in [2.45, 2.75) is 18.6 Å². The van der Waals surface area contributed by atoms with E-state index in [0.717, 1.165) is 15.9 Å². The molecule has 19 heavy (non-hydrogen) atoms. The lowest BCUT2D eigenvalue weighted by Gasteiger charge is -2.11. The van der Waals surface area contributed by atoms with E-state index in [4.69, 9.17) is 0 Å². The molecule has 0 saturated carbocycles. The van der Waals surface area contributed by atoms with Crippen molar-refractivity contribution in [3.8, 4) is 0 Å². The maximum absolute atomic E-state index is 4.59. The second kappa shape index (κ2) is 4.62. The van der Waals surface area contributed by atoms with Crippen LogP contribution in [0.15, 0.2) is 42.1 Å². The summed E-state index contributed by atoms with van der Waals surface area (Å²) in [5.41, 5.74) is 3.40. The molecule has 2 aromatic heterocycles. The van der Waals surface area contributed by atoms with Gasteiger partial charge in [0.25, 0.3) is 0 Å². The quantitative estimate of drug-likeness (QED) is 0.795. The Kier molecular flexibility index (Phi) is 3.07. The van der Waals surface area contributed by atoms with Gasteiger partial charge in [-0.15, -0.1) is 11.3 Å². The predicted octanol–water partition coefficient (Wildman–Crippen LogP) is 4.20. The average Bonchev–Trinajstić information content (AvgIpc) is 2.70. The fraction of sp³-hybridized carbons (Fsp3) is 0.200. The van der Waals surface area contributed by atoms with Gasteiger partial charge < -0.3 is 0 Å². The Bertz CT molecular complexity index is 721. The van der Waals surface area contributed by atoms with Gasteiger partial charge >= 0.3 is 0 Å². The molecule has 0 fully saturated rings. The molecule has 0 amide bonds. The summed E-state index contributed by atoms with van der Waals surface area (Å²) in [4.78, 5) is 9.67. The molecule has 1 atom stereocenters. The van der Waals surface area contributed by atoms with Crippen LogP contribution >= 0.6 is 24.0 Å². The van der Waals surface area contributed by atoms with Crippen LogP contribution in [0, 0.1) is 6.92 Å². The van der Waals surface area contributed by atoms with Crippen molar-refractivity contribution in [1.29, 1.82) is 0 Å². The Morgan fingerprint density at radius 3 is 2.95 bits per heavy atom. The van der Waals surface area contributed by atoms with Crippen LogP contribution in [0.5, 0.6) is 0 Å². The largest absolute Gasteiger partial charge is 0.241 e. The first-order valence-electron chi connectivity index (χ1n) is 6.07. The van der Waals surface area contributed by atoms with Crippen LogP contribution in [-0.4, -0.2) is 14.7 Å². The molecule has 4 heteroatoms. The molecular formula is C15H14N2S2. The Morgan fingerprint density at radius 1 is 1.26 bits per heavy atom. The van der Waals surface area contributed by atoms with Gasteiger partial charge in [0.2, 0.25) is 0 Å². The molecule has 2 nitrogen and oxygen atoms in total. The summed E-state index contributed by atoms with van der Waals surface area (Å²) < 4.78 is -0.199. The molecule has 0 N–H and O–H groups in total. The molecule has 2 aromatic rings. The maximum Gasteiger partial charge on any atom is 0.127 e. The van der Waals surface area contributed by atoms with Crippen molar-refractivity contribution < 1.29 is 0 Å². The maximum atomic E-state index is 4.59. The van der Waals surface area contributed by atoms with E-state index in [9.17, 15) is 0 Å². The number of allylic oxidation sites excluding steroid dienone is 4. The summed E-state index contributed by atoms with van der Waals surface area (Å²) >= 11 is 6.25. The van der Waals surface area contributed by atoms with E-state index in [1.807, 2.05) is 6.92 Å². The van der Waals surface area contributed by atoms with Crippen LogP contribution in [0.25, 0.3) is 15.8 Å². The fourth-order valence-electron chi connectivity index (χ4n) is 2.13. The Hall–Kier alpha value is -1.39. The fourth-order valence-corrected chi connectivity index (χ4v) is 3.26. The van der Waals surface area contributed by atoms with E-state index in [1.165, 1.54) is 11.1 Å². The number of thiophene rings is 1. The van der Waals surface area contributed by atoms with Crippen LogP contribution in [0.1, 0.15) is 18.2 Å². The van der Waals surface area contributed by atoms with Gasteiger partial charge in [-0.05, 0) is 19.4 Å². The highest BCUT2D eigenvalue weighted by Crippen LogP contribution is 2.33. The van der Waals surface area contributed by atoms with E-state index in [0.29, 0.717) is 0 Å². The lowest BCUT2D eigenvalue weighted by molar-refractivity contribution is 1.02. The first kappa shape index (κ1) is 12.6. The van der Waals surface area contributed by atoms with Crippen LogP contribution in [0.2, 0.25) is 0 Å². The number of hydrogen-bond donors (Lipinski definition) is 1. The van der Waals surface area contributed by atoms with E-state index in [2.05, 4.69) is 65.3 Å². The summed E-state index contributed by atoms with van der Waals surface area (Å²) in [7, 11) is 0. The van der Waals surface area contributed by atoms with E-state index in [-0.39, 0.29) is 4.75 Å². The van der Waals surface area contributed by atoms with Crippen molar-refractivity contribution in [2.24, 2.45) is 0 Å². The SMILES string of the molecule is Cc1ncnc2scc(C3=CC=CC(C)(S)C=C3)c12. The van der Waals surface area contributed by atoms with Crippen LogP contribution in [0.4, 0.5) is 0 Å². The van der Waals surface area contributed by atoms with Crippen molar-refractivity contribution in [3.63, 3.8) is 0 Å². The minimum atomic E-state index is -0.199. The molecular weight excluding hydrogens is 272 g/mol. The number of aryl methyl sites for hydroxylation is 1. The number of rotatable bonds is 1. The summed E-state index contributed by atoms with van der Waals surface area (Å²) in [5.74, 6) is 0. The van der Waals surface area contributed by atoms with Gasteiger partial charge in [-0.3, -0.25) is 0 Å². The van der Waals surface area contributed by atoms with Crippen molar-refractivity contribution in [1.82, 2.24) is 9.97 Å². The Balaban J connectivity index is 2.16. The van der Waals surface area contributed by atoms with Crippen molar-refractivity contribution in [2.75, 3.05) is 0 Å². The molecule has 0 spiro atoms. The number of thiol groups is 1. The van der Waals surface area contributed by atoms with Gasteiger partial charge in [0.1, 0.15) is 11.2 Å². The van der Waals surface area contributed by atoms with Gasteiger partial charge in [0.05, 0.1) is 0 Å². The topological polar surface area (TPSA) is 25.8 Å². The van der Waals surface area contributed by atoms with Gasteiger partial charge in [-0.25, -0.2) is 9.97 Å². The highest BCUT2D eigenvalue weighted by atomic mass is 32.1. The zero-order chi connectivity index (χ0) is 13.5. The smallest absolute Gasteiger partial charge is 0.127 e. The molecule has 1 aliphatic carbocycles. The third-order valence-electron chi connectivity index (χ3n) is 3.18. The second-order valence-corrected chi connectivity index (χ2v) is 6.65. The van der Waals surface area contributed by atoms with Gasteiger partial charge in [0.15, 0.2) is 0 Å². The highest BCUT2D eigenvalue weighted by Gasteiger charge is 2.15. The zero-order valence-electron chi connectivity index (χ0n) is 10.8. The van der Waals surface area contributed by atoms with Crippen LogP contribution < -0.4 is 0 Å². The van der Waals surface area contributed by atoms with Crippen molar-refractivity contribution >= 4 is 39.8 Å². The normalized spacial score (nSPS) is 22.6. The summed E-state index contributed by atoms with van der Waals surface area (Å²) in [6.07, 6.45) is 12.1. The molecule has 0 aliphatic heterocycles. The lowest BCUT2D eigenvalue weighted by Crippen LogP contribution is -2.06. The summed E-state index contributed by atoms with van der Waals surface area (Å²) in [5, 5.41) is 3.30. The molecule has 0 radical (unpaired) electrons. The van der Waals surface area contributed by atoms with Crippen molar-refractivity contribution in [3.05, 3.63) is 53.3 Å². The average molecular weight is 286 g/mol. The molecule has 0 saturated heterocycles. The van der Waals surface area contributed by atoms with Crippen LogP contribution in [-0.2, 0) is 0 Å². The number of nitrogens with zero attached hydrogens (tertiary/aromatic N) is 2. The number of aromatic nitrogens is 2.